The third kappa shape index (κ3) is 3.42. The van der Waals surface area contributed by atoms with E-state index in [0.29, 0.717) is 23.9 Å². The second kappa shape index (κ2) is 5.86. The molecule has 0 heterocycles. The Morgan fingerprint density at radius 3 is 2.71 bits per heavy atom. The van der Waals surface area contributed by atoms with Crippen LogP contribution < -0.4 is 10.1 Å². The summed E-state index contributed by atoms with van der Waals surface area (Å²) in [6.45, 7) is 4.53. The van der Waals surface area contributed by atoms with Gasteiger partial charge >= 0.3 is 0 Å². The normalized spacial score (nSPS) is 14.2. The van der Waals surface area contributed by atoms with Crippen molar-refractivity contribution < 1.29 is 9.13 Å². The highest BCUT2D eigenvalue weighted by Gasteiger charge is 2.21. The third-order valence-electron chi connectivity index (χ3n) is 3.78. The molecular weight excluding hydrogens is 265 g/mol. The molecule has 0 radical (unpaired) electrons. The minimum atomic E-state index is -0.217. The Hall–Kier alpha value is -1.87. The summed E-state index contributed by atoms with van der Waals surface area (Å²) >= 11 is 0. The number of halogens is 1. The van der Waals surface area contributed by atoms with Gasteiger partial charge in [0.15, 0.2) is 0 Å². The lowest BCUT2D eigenvalue weighted by Gasteiger charge is -2.14. The fourth-order valence-electron chi connectivity index (χ4n) is 2.28. The van der Waals surface area contributed by atoms with Gasteiger partial charge in [-0.1, -0.05) is 18.2 Å². The van der Waals surface area contributed by atoms with E-state index in [4.69, 9.17) is 4.74 Å². The van der Waals surface area contributed by atoms with Gasteiger partial charge in [-0.15, -0.1) is 0 Å². The van der Waals surface area contributed by atoms with Gasteiger partial charge in [-0.3, -0.25) is 0 Å². The van der Waals surface area contributed by atoms with Crippen LogP contribution >= 0.6 is 0 Å². The van der Waals surface area contributed by atoms with E-state index in [1.807, 2.05) is 38.1 Å². The van der Waals surface area contributed by atoms with Crippen molar-refractivity contribution in [1.82, 2.24) is 5.32 Å². The van der Waals surface area contributed by atoms with E-state index >= 15 is 0 Å². The minimum Gasteiger partial charge on any atom is -0.457 e. The molecule has 2 nitrogen and oxygen atoms in total. The third-order valence-corrected chi connectivity index (χ3v) is 3.78. The van der Waals surface area contributed by atoms with E-state index in [1.165, 1.54) is 18.9 Å². The standard InChI is InChI=1S/C18H20FNO/c1-12-6-7-13(2)18(10-12)21-17-5-3-4-16(19)15(17)11-20-14-8-9-14/h3-7,10,14,20H,8-9,11H2,1-2H3. The van der Waals surface area contributed by atoms with E-state index in [9.17, 15) is 4.39 Å². The summed E-state index contributed by atoms with van der Waals surface area (Å²) in [5, 5.41) is 3.35. The quantitative estimate of drug-likeness (QED) is 0.874. The molecule has 0 amide bonds. The molecule has 0 atom stereocenters. The lowest BCUT2D eigenvalue weighted by Crippen LogP contribution is -2.16. The van der Waals surface area contributed by atoms with E-state index in [-0.39, 0.29) is 5.82 Å². The van der Waals surface area contributed by atoms with Crippen LogP contribution in [-0.4, -0.2) is 6.04 Å². The zero-order chi connectivity index (χ0) is 14.8. The summed E-state index contributed by atoms with van der Waals surface area (Å²) < 4.78 is 20.1. The predicted octanol–water partition coefficient (Wildman–Crippen LogP) is 4.49. The molecule has 1 fully saturated rings. The second-order valence-corrected chi connectivity index (χ2v) is 5.74. The molecule has 0 spiro atoms. The lowest BCUT2D eigenvalue weighted by atomic mass is 10.1. The van der Waals surface area contributed by atoms with Gasteiger partial charge in [-0.2, -0.15) is 0 Å². The molecule has 3 rings (SSSR count). The first-order valence-electron chi connectivity index (χ1n) is 7.39. The molecule has 3 heteroatoms. The summed E-state index contributed by atoms with van der Waals surface area (Å²) in [5.74, 6) is 1.16. The summed E-state index contributed by atoms with van der Waals surface area (Å²) in [7, 11) is 0. The summed E-state index contributed by atoms with van der Waals surface area (Å²) in [4.78, 5) is 0. The molecule has 1 aliphatic rings. The number of nitrogens with one attached hydrogen (secondary N) is 1. The zero-order valence-electron chi connectivity index (χ0n) is 12.4. The van der Waals surface area contributed by atoms with Crippen molar-refractivity contribution in [2.75, 3.05) is 0 Å². The SMILES string of the molecule is Cc1ccc(C)c(Oc2cccc(F)c2CNC2CC2)c1. The summed E-state index contributed by atoms with van der Waals surface area (Å²) in [5.41, 5.74) is 2.78. The van der Waals surface area contributed by atoms with Gasteiger partial charge in [-0.25, -0.2) is 4.39 Å². The van der Waals surface area contributed by atoms with Crippen LogP contribution in [0.5, 0.6) is 11.5 Å². The van der Waals surface area contributed by atoms with Gasteiger partial charge in [0.05, 0.1) is 0 Å². The van der Waals surface area contributed by atoms with Crippen molar-refractivity contribution in [3.05, 3.63) is 58.9 Å². The Bertz CT molecular complexity index is 650. The van der Waals surface area contributed by atoms with Gasteiger partial charge in [0.2, 0.25) is 0 Å². The molecule has 0 aromatic heterocycles. The van der Waals surface area contributed by atoms with E-state index in [0.717, 1.165) is 16.9 Å². The smallest absolute Gasteiger partial charge is 0.134 e. The highest BCUT2D eigenvalue weighted by molar-refractivity contribution is 5.43. The molecule has 0 aliphatic heterocycles. The highest BCUT2D eigenvalue weighted by Crippen LogP contribution is 2.30. The van der Waals surface area contributed by atoms with Gasteiger partial charge in [0, 0.05) is 18.2 Å². The van der Waals surface area contributed by atoms with Crippen LogP contribution in [-0.2, 0) is 6.54 Å². The first-order valence-corrected chi connectivity index (χ1v) is 7.39. The molecule has 1 saturated carbocycles. The molecule has 2 aromatic rings. The number of benzene rings is 2. The summed E-state index contributed by atoms with van der Waals surface area (Å²) in [6.07, 6.45) is 2.36. The predicted molar refractivity (Wildman–Crippen MR) is 82.3 cm³/mol. The number of hydrogen-bond acceptors (Lipinski definition) is 2. The molecule has 2 aromatic carbocycles. The van der Waals surface area contributed by atoms with Crippen LogP contribution in [0.1, 0.15) is 29.5 Å². The van der Waals surface area contributed by atoms with Gasteiger partial charge in [0.25, 0.3) is 0 Å². The van der Waals surface area contributed by atoms with Gasteiger partial charge < -0.3 is 10.1 Å². The second-order valence-electron chi connectivity index (χ2n) is 5.74. The lowest BCUT2D eigenvalue weighted by molar-refractivity contribution is 0.458. The van der Waals surface area contributed by atoms with Crippen molar-refractivity contribution in [2.24, 2.45) is 0 Å². The summed E-state index contributed by atoms with van der Waals surface area (Å²) in [6, 6.07) is 11.6. The van der Waals surface area contributed by atoms with Crippen molar-refractivity contribution in [3.8, 4) is 11.5 Å². The van der Waals surface area contributed by atoms with Crippen LogP contribution in [0.15, 0.2) is 36.4 Å². The van der Waals surface area contributed by atoms with E-state index < -0.39 is 0 Å². The van der Waals surface area contributed by atoms with Crippen LogP contribution in [0.2, 0.25) is 0 Å². The monoisotopic (exact) mass is 285 g/mol. The number of ether oxygens (including phenoxy) is 1. The molecular formula is C18H20FNO. The van der Waals surface area contributed by atoms with E-state index in [1.54, 1.807) is 6.07 Å². The number of aryl methyl sites for hydroxylation is 2. The molecule has 1 aliphatic carbocycles. The topological polar surface area (TPSA) is 21.3 Å². The Labute approximate surface area is 125 Å². The maximum Gasteiger partial charge on any atom is 0.134 e. The minimum absolute atomic E-state index is 0.217. The number of rotatable bonds is 5. The first-order chi connectivity index (χ1) is 10.1. The molecule has 0 saturated heterocycles. The van der Waals surface area contributed by atoms with Crippen molar-refractivity contribution in [3.63, 3.8) is 0 Å². The Balaban J connectivity index is 1.86. The van der Waals surface area contributed by atoms with Crippen LogP contribution in [0.4, 0.5) is 4.39 Å². The Kier molecular flexibility index (Phi) is 3.93. The van der Waals surface area contributed by atoms with Gasteiger partial charge in [-0.05, 0) is 56.0 Å². The molecule has 110 valence electrons. The highest BCUT2D eigenvalue weighted by atomic mass is 19.1. The van der Waals surface area contributed by atoms with E-state index in [2.05, 4.69) is 5.32 Å². The van der Waals surface area contributed by atoms with Crippen LogP contribution in [0.3, 0.4) is 0 Å². The zero-order valence-corrected chi connectivity index (χ0v) is 12.4. The van der Waals surface area contributed by atoms with Crippen LogP contribution in [0.25, 0.3) is 0 Å². The average molecular weight is 285 g/mol. The van der Waals surface area contributed by atoms with Crippen molar-refractivity contribution >= 4 is 0 Å². The maximum absolute atomic E-state index is 14.1. The van der Waals surface area contributed by atoms with Crippen molar-refractivity contribution in [1.29, 1.82) is 0 Å². The molecule has 1 N–H and O–H groups in total. The van der Waals surface area contributed by atoms with Crippen LogP contribution in [0, 0.1) is 19.7 Å². The fourth-order valence-corrected chi connectivity index (χ4v) is 2.28. The Morgan fingerprint density at radius 1 is 1.14 bits per heavy atom. The molecule has 21 heavy (non-hydrogen) atoms. The van der Waals surface area contributed by atoms with Gasteiger partial charge in [0.1, 0.15) is 17.3 Å². The maximum atomic E-state index is 14.1. The Morgan fingerprint density at radius 2 is 1.95 bits per heavy atom. The van der Waals surface area contributed by atoms with Crippen molar-refractivity contribution in [2.45, 2.75) is 39.3 Å². The number of hydrogen-bond donors (Lipinski definition) is 1. The first kappa shape index (κ1) is 14.1. The molecule has 0 bridgehead atoms. The average Bonchev–Trinajstić information content (AvgIpc) is 3.26. The largest absolute Gasteiger partial charge is 0.457 e. The molecule has 0 unspecified atom stereocenters. The fraction of sp³-hybridized carbons (Fsp3) is 0.333.